The van der Waals surface area contributed by atoms with E-state index in [9.17, 15) is 4.79 Å². The van der Waals surface area contributed by atoms with Crippen LogP contribution < -0.4 is 0 Å². The lowest BCUT2D eigenvalue weighted by molar-refractivity contribution is -0.131. The van der Waals surface area contributed by atoms with Crippen LogP contribution in [0.2, 0.25) is 0 Å². The van der Waals surface area contributed by atoms with E-state index >= 15 is 0 Å². The lowest BCUT2D eigenvalue weighted by Crippen LogP contribution is -1.90. The van der Waals surface area contributed by atoms with Crippen molar-refractivity contribution in [2.45, 2.75) is 6.92 Å². The molecule has 0 spiro atoms. The van der Waals surface area contributed by atoms with E-state index in [1.54, 1.807) is 19.3 Å². The SMILES string of the molecule is C/C(=C\C(=O)O)c1cccc(-c2cccnc2)c1. The van der Waals surface area contributed by atoms with E-state index < -0.39 is 5.97 Å². The molecule has 1 aromatic carbocycles. The van der Waals surface area contributed by atoms with Crippen molar-refractivity contribution < 1.29 is 9.90 Å². The van der Waals surface area contributed by atoms with Gasteiger partial charge in [-0.1, -0.05) is 24.3 Å². The van der Waals surface area contributed by atoms with Crippen LogP contribution in [0.3, 0.4) is 0 Å². The van der Waals surface area contributed by atoms with E-state index in [0.717, 1.165) is 22.3 Å². The molecular weight excluding hydrogens is 226 g/mol. The lowest BCUT2D eigenvalue weighted by Gasteiger charge is -2.05. The standard InChI is InChI=1S/C15H13NO2/c1-11(8-15(17)18)12-4-2-5-13(9-12)14-6-3-7-16-10-14/h2-10H,1H3,(H,17,18)/b11-8+. The van der Waals surface area contributed by atoms with Gasteiger partial charge in [0.15, 0.2) is 0 Å². The molecule has 0 fully saturated rings. The fourth-order valence-corrected chi connectivity index (χ4v) is 1.75. The van der Waals surface area contributed by atoms with Crippen LogP contribution in [0.4, 0.5) is 0 Å². The summed E-state index contributed by atoms with van der Waals surface area (Å²) in [7, 11) is 0. The number of pyridine rings is 1. The van der Waals surface area contributed by atoms with Gasteiger partial charge in [0.2, 0.25) is 0 Å². The molecule has 0 aliphatic rings. The molecule has 1 aromatic heterocycles. The molecule has 0 aliphatic carbocycles. The first-order valence-corrected chi connectivity index (χ1v) is 5.59. The summed E-state index contributed by atoms with van der Waals surface area (Å²) in [6.07, 6.45) is 4.72. The van der Waals surface area contributed by atoms with Crippen molar-refractivity contribution in [3.05, 3.63) is 60.4 Å². The van der Waals surface area contributed by atoms with E-state index in [-0.39, 0.29) is 0 Å². The van der Waals surface area contributed by atoms with Crippen molar-refractivity contribution in [2.24, 2.45) is 0 Å². The number of nitrogens with zero attached hydrogens (tertiary/aromatic N) is 1. The highest BCUT2D eigenvalue weighted by Crippen LogP contribution is 2.22. The summed E-state index contributed by atoms with van der Waals surface area (Å²) in [5.41, 5.74) is 3.67. The summed E-state index contributed by atoms with van der Waals surface area (Å²) >= 11 is 0. The maximum absolute atomic E-state index is 10.7. The van der Waals surface area contributed by atoms with E-state index in [1.165, 1.54) is 6.08 Å². The number of benzene rings is 1. The summed E-state index contributed by atoms with van der Waals surface area (Å²) in [6.45, 7) is 1.79. The fourth-order valence-electron chi connectivity index (χ4n) is 1.75. The number of hydrogen-bond donors (Lipinski definition) is 1. The Morgan fingerprint density at radius 3 is 2.67 bits per heavy atom. The van der Waals surface area contributed by atoms with Crippen molar-refractivity contribution in [2.75, 3.05) is 0 Å². The third-order valence-corrected chi connectivity index (χ3v) is 2.65. The van der Waals surface area contributed by atoms with E-state index in [4.69, 9.17) is 5.11 Å². The highest BCUT2D eigenvalue weighted by atomic mass is 16.4. The van der Waals surface area contributed by atoms with Gasteiger partial charge in [0, 0.05) is 24.0 Å². The summed E-state index contributed by atoms with van der Waals surface area (Å²) in [5.74, 6) is -0.931. The number of rotatable bonds is 3. The summed E-state index contributed by atoms with van der Waals surface area (Å²) < 4.78 is 0. The number of carbonyl (C=O) groups is 1. The topological polar surface area (TPSA) is 50.2 Å². The summed E-state index contributed by atoms with van der Waals surface area (Å²) in [4.78, 5) is 14.7. The molecule has 0 bridgehead atoms. The average Bonchev–Trinajstić information content (AvgIpc) is 2.39. The number of allylic oxidation sites excluding steroid dienone is 1. The molecule has 3 nitrogen and oxygen atoms in total. The predicted octanol–water partition coefficient (Wildman–Crippen LogP) is 3.24. The highest BCUT2D eigenvalue weighted by Gasteiger charge is 2.02. The quantitative estimate of drug-likeness (QED) is 0.836. The van der Waals surface area contributed by atoms with Gasteiger partial charge in [-0.25, -0.2) is 4.79 Å². The maximum Gasteiger partial charge on any atom is 0.328 e. The third-order valence-electron chi connectivity index (χ3n) is 2.65. The molecular formula is C15H13NO2. The van der Waals surface area contributed by atoms with Crippen LogP contribution in [0.15, 0.2) is 54.9 Å². The van der Waals surface area contributed by atoms with Gasteiger partial charge in [0.1, 0.15) is 0 Å². The molecule has 3 heteroatoms. The molecule has 0 saturated heterocycles. The van der Waals surface area contributed by atoms with Gasteiger partial charge in [-0.05, 0) is 35.8 Å². The number of aliphatic carboxylic acids is 1. The predicted molar refractivity (Wildman–Crippen MR) is 71.0 cm³/mol. The summed E-state index contributed by atoms with van der Waals surface area (Å²) in [6, 6.07) is 11.6. The Hall–Kier alpha value is -2.42. The first-order chi connectivity index (χ1) is 8.66. The average molecular weight is 239 g/mol. The Morgan fingerprint density at radius 1 is 1.22 bits per heavy atom. The molecule has 0 aliphatic heterocycles. The Bertz CT molecular complexity index is 588. The van der Waals surface area contributed by atoms with Crippen LogP contribution in [0.25, 0.3) is 16.7 Å². The molecule has 0 radical (unpaired) electrons. The molecule has 0 saturated carbocycles. The van der Waals surface area contributed by atoms with Crippen molar-refractivity contribution >= 4 is 11.5 Å². The van der Waals surface area contributed by atoms with Crippen molar-refractivity contribution in [3.8, 4) is 11.1 Å². The zero-order valence-corrected chi connectivity index (χ0v) is 10.00. The Balaban J connectivity index is 2.40. The Morgan fingerprint density at radius 2 is 2.00 bits per heavy atom. The van der Waals surface area contributed by atoms with Gasteiger partial charge in [-0.2, -0.15) is 0 Å². The number of carboxylic acids is 1. The first-order valence-electron chi connectivity index (χ1n) is 5.59. The highest BCUT2D eigenvalue weighted by molar-refractivity contribution is 5.89. The molecule has 90 valence electrons. The lowest BCUT2D eigenvalue weighted by atomic mass is 10.0. The minimum atomic E-state index is -0.931. The minimum Gasteiger partial charge on any atom is -0.478 e. The smallest absolute Gasteiger partial charge is 0.328 e. The van der Waals surface area contributed by atoms with Gasteiger partial charge in [-0.15, -0.1) is 0 Å². The number of hydrogen-bond acceptors (Lipinski definition) is 2. The normalized spacial score (nSPS) is 11.3. The second-order valence-electron chi connectivity index (χ2n) is 3.99. The van der Waals surface area contributed by atoms with Crippen molar-refractivity contribution in [1.82, 2.24) is 4.98 Å². The maximum atomic E-state index is 10.7. The molecule has 2 aromatic rings. The molecule has 0 atom stereocenters. The van der Waals surface area contributed by atoms with Crippen molar-refractivity contribution in [1.29, 1.82) is 0 Å². The number of aromatic nitrogens is 1. The van der Waals surface area contributed by atoms with Crippen LogP contribution in [0, 0.1) is 0 Å². The van der Waals surface area contributed by atoms with Crippen LogP contribution in [-0.2, 0) is 4.79 Å². The van der Waals surface area contributed by atoms with Gasteiger partial charge < -0.3 is 5.11 Å². The van der Waals surface area contributed by atoms with Crippen LogP contribution in [-0.4, -0.2) is 16.1 Å². The van der Waals surface area contributed by atoms with Gasteiger partial charge in [0.05, 0.1) is 0 Å². The molecule has 0 unspecified atom stereocenters. The molecule has 0 amide bonds. The Kier molecular flexibility index (Phi) is 3.53. The van der Waals surface area contributed by atoms with E-state index in [2.05, 4.69) is 4.98 Å². The summed E-state index contributed by atoms with van der Waals surface area (Å²) in [5, 5.41) is 8.75. The molecule has 2 rings (SSSR count). The van der Waals surface area contributed by atoms with Gasteiger partial charge in [-0.3, -0.25) is 4.98 Å². The monoisotopic (exact) mass is 239 g/mol. The zero-order chi connectivity index (χ0) is 13.0. The first kappa shape index (κ1) is 12.0. The second kappa shape index (κ2) is 5.27. The largest absolute Gasteiger partial charge is 0.478 e. The fraction of sp³-hybridized carbons (Fsp3) is 0.0667. The van der Waals surface area contributed by atoms with E-state index in [1.807, 2.05) is 36.4 Å². The third kappa shape index (κ3) is 2.83. The Labute approximate surface area is 105 Å². The molecule has 1 N–H and O–H groups in total. The zero-order valence-electron chi connectivity index (χ0n) is 10.00. The van der Waals surface area contributed by atoms with Crippen molar-refractivity contribution in [3.63, 3.8) is 0 Å². The van der Waals surface area contributed by atoms with Gasteiger partial charge in [0.25, 0.3) is 0 Å². The second-order valence-corrected chi connectivity index (χ2v) is 3.99. The van der Waals surface area contributed by atoms with Crippen LogP contribution in [0.5, 0.6) is 0 Å². The van der Waals surface area contributed by atoms with Crippen LogP contribution in [0.1, 0.15) is 12.5 Å². The van der Waals surface area contributed by atoms with E-state index in [0.29, 0.717) is 0 Å². The minimum absolute atomic E-state index is 0.730. The molecule has 1 heterocycles. The molecule has 18 heavy (non-hydrogen) atoms. The van der Waals surface area contributed by atoms with Crippen LogP contribution >= 0.6 is 0 Å². The number of carboxylic acid groups (broad SMARTS) is 1. The van der Waals surface area contributed by atoms with Gasteiger partial charge >= 0.3 is 5.97 Å².